The third kappa shape index (κ3) is 1.82. The largest absolute Gasteiger partial charge is 0.290 e. The first-order valence-corrected chi connectivity index (χ1v) is 5.32. The molecule has 0 aromatic carbocycles. The van der Waals surface area contributed by atoms with Gasteiger partial charge in [-0.15, -0.1) is 0 Å². The van der Waals surface area contributed by atoms with Crippen LogP contribution in [0.15, 0.2) is 55.6 Å². The van der Waals surface area contributed by atoms with E-state index in [1.54, 1.807) is 12.5 Å². The SMILES string of the molecule is C[n+]1ccn(-c2cccc(-n3ccnc3)n2)c1. The van der Waals surface area contributed by atoms with Crippen LogP contribution in [0.2, 0.25) is 0 Å². The molecule has 0 amide bonds. The van der Waals surface area contributed by atoms with E-state index in [1.807, 2.05) is 63.9 Å². The summed E-state index contributed by atoms with van der Waals surface area (Å²) < 4.78 is 5.83. The molecule has 17 heavy (non-hydrogen) atoms. The summed E-state index contributed by atoms with van der Waals surface area (Å²) in [5.74, 6) is 1.74. The highest BCUT2D eigenvalue weighted by atomic mass is 15.2. The van der Waals surface area contributed by atoms with Crippen LogP contribution >= 0.6 is 0 Å². The molecule has 3 heterocycles. The molecule has 3 aromatic heterocycles. The Hall–Kier alpha value is -2.43. The van der Waals surface area contributed by atoms with Crippen molar-refractivity contribution in [1.29, 1.82) is 0 Å². The average Bonchev–Trinajstić information content (AvgIpc) is 3.00. The summed E-state index contributed by atoms with van der Waals surface area (Å²) in [6, 6.07) is 5.91. The summed E-state index contributed by atoms with van der Waals surface area (Å²) in [5, 5.41) is 0. The zero-order valence-electron chi connectivity index (χ0n) is 9.43. The molecular formula is C12H12N5+. The molecule has 0 atom stereocenters. The van der Waals surface area contributed by atoms with Crippen molar-refractivity contribution in [2.24, 2.45) is 7.05 Å². The number of aryl methyl sites for hydroxylation is 1. The molecule has 0 saturated carbocycles. The third-order valence-corrected chi connectivity index (χ3v) is 2.52. The molecule has 5 heteroatoms. The lowest BCUT2D eigenvalue weighted by Crippen LogP contribution is -2.23. The lowest BCUT2D eigenvalue weighted by Gasteiger charge is -2.01. The molecule has 0 N–H and O–H groups in total. The van der Waals surface area contributed by atoms with E-state index in [9.17, 15) is 0 Å². The van der Waals surface area contributed by atoms with Gasteiger partial charge in [0.05, 0.1) is 7.05 Å². The molecule has 0 radical (unpaired) electrons. The Labute approximate surface area is 98.6 Å². The van der Waals surface area contributed by atoms with Crippen molar-refractivity contribution < 1.29 is 4.57 Å². The van der Waals surface area contributed by atoms with Crippen molar-refractivity contribution in [3.63, 3.8) is 0 Å². The van der Waals surface area contributed by atoms with Crippen molar-refractivity contribution in [2.45, 2.75) is 0 Å². The maximum absolute atomic E-state index is 4.57. The predicted molar refractivity (Wildman–Crippen MR) is 61.9 cm³/mol. The number of nitrogens with zero attached hydrogens (tertiary/aromatic N) is 5. The Bertz CT molecular complexity index is 624. The maximum Gasteiger partial charge on any atom is 0.250 e. The van der Waals surface area contributed by atoms with Crippen LogP contribution in [0.4, 0.5) is 0 Å². The van der Waals surface area contributed by atoms with E-state index in [-0.39, 0.29) is 0 Å². The first kappa shape index (κ1) is 9.77. The minimum absolute atomic E-state index is 0.858. The van der Waals surface area contributed by atoms with E-state index < -0.39 is 0 Å². The van der Waals surface area contributed by atoms with Gasteiger partial charge in [0.15, 0.2) is 0 Å². The van der Waals surface area contributed by atoms with Crippen LogP contribution in [0.1, 0.15) is 0 Å². The van der Waals surface area contributed by atoms with Gasteiger partial charge in [-0.05, 0) is 6.07 Å². The van der Waals surface area contributed by atoms with Gasteiger partial charge in [0, 0.05) is 18.5 Å². The van der Waals surface area contributed by atoms with Crippen LogP contribution in [-0.2, 0) is 7.05 Å². The second-order valence-electron chi connectivity index (χ2n) is 3.81. The Morgan fingerprint density at radius 2 is 1.94 bits per heavy atom. The van der Waals surface area contributed by atoms with Gasteiger partial charge >= 0.3 is 0 Å². The molecule has 0 fully saturated rings. The van der Waals surface area contributed by atoms with Crippen LogP contribution in [0, 0.1) is 0 Å². The Morgan fingerprint density at radius 3 is 2.59 bits per heavy atom. The van der Waals surface area contributed by atoms with Gasteiger partial charge in [-0.3, -0.25) is 4.57 Å². The lowest BCUT2D eigenvalue weighted by molar-refractivity contribution is -0.670. The molecular weight excluding hydrogens is 214 g/mol. The first-order chi connectivity index (χ1) is 8.33. The zero-order valence-corrected chi connectivity index (χ0v) is 9.43. The second-order valence-corrected chi connectivity index (χ2v) is 3.81. The Balaban J connectivity index is 2.05. The summed E-state index contributed by atoms with van der Waals surface area (Å²) in [6.07, 6.45) is 11.3. The topological polar surface area (TPSA) is 39.5 Å². The lowest BCUT2D eigenvalue weighted by atomic mass is 10.4. The summed E-state index contributed by atoms with van der Waals surface area (Å²) in [6.45, 7) is 0. The van der Waals surface area contributed by atoms with Gasteiger partial charge in [-0.25, -0.2) is 9.55 Å². The zero-order chi connectivity index (χ0) is 11.7. The van der Waals surface area contributed by atoms with E-state index in [1.165, 1.54) is 0 Å². The highest BCUT2D eigenvalue weighted by Crippen LogP contribution is 2.08. The number of aromatic nitrogens is 5. The van der Waals surface area contributed by atoms with Crippen molar-refractivity contribution in [3.8, 4) is 11.6 Å². The molecule has 0 saturated heterocycles. The summed E-state index contributed by atoms with van der Waals surface area (Å²) in [7, 11) is 1.98. The summed E-state index contributed by atoms with van der Waals surface area (Å²) in [5.41, 5.74) is 0. The van der Waals surface area contributed by atoms with E-state index >= 15 is 0 Å². The second kappa shape index (κ2) is 3.86. The fraction of sp³-hybridized carbons (Fsp3) is 0.0833. The van der Waals surface area contributed by atoms with Gasteiger partial charge in [0.2, 0.25) is 12.1 Å². The van der Waals surface area contributed by atoms with Crippen molar-refractivity contribution in [1.82, 2.24) is 19.1 Å². The molecule has 5 nitrogen and oxygen atoms in total. The average molecular weight is 226 g/mol. The van der Waals surface area contributed by atoms with Gasteiger partial charge in [-0.1, -0.05) is 6.07 Å². The molecule has 0 unspecified atom stereocenters. The highest BCUT2D eigenvalue weighted by molar-refractivity contribution is 5.31. The molecule has 0 aliphatic rings. The number of hydrogen-bond donors (Lipinski definition) is 0. The van der Waals surface area contributed by atoms with Crippen LogP contribution in [0.5, 0.6) is 0 Å². The van der Waals surface area contributed by atoms with E-state index in [0.29, 0.717) is 0 Å². The van der Waals surface area contributed by atoms with Crippen molar-refractivity contribution >= 4 is 0 Å². The van der Waals surface area contributed by atoms with Gasteiger partial charge in [0.1, 0.15) is 24.5 Å². The standard InChI is InChI=1S/C12H12N5/c1-15-7-8-17(10-15)12-4-2-3-11(14-12)16-6-5-13-9-16/h2-10H,1H3/q+1. The fourth-order valence-electron chi connectivity index (χ4n) is 1.68. The Kier molecular flexibility index (Phi) is 2.22. The molecule has 0 bridgehead atoms. The normalized spacial score (nSPS) is 10.6. The van der Waals surface area contributed by atoms with E-state index in [4.69, 9.17) is 0 Å². The predicted octanol–water partition coefficient (Wildman–Crippen LogP) is 0.882. The van der Waals surface area contributed by atoms with Crippen LogP contribution in [0.3, 0.4) is 0 Å². The van der Waals surface area contributed by atoms with Gasteiger partial charge < -0.3 is 0 Å². The van der Waals surface area contributed by atoms with Crippen molar-refractivity contribution in [3.05, 3.63) is 55.6 Å². The smallest absolute Gasteiger partial charge is 0.250 e. The minimum Gasteiger partial charge on any atom is -0.290 e. The highest BCUT2D eigenvalue weighted by Gasteiger charge is 2.06. The fourth-order valence-corrected chi connectivity index (χ4v) is 1.68. The van der Waals surface area contributed by atoms with Crippen LogP contribution < -0.4 is 4.57 Å². The first-order valence-electron chi connectivity index (χ1n) is 5.32. The molecule has 0 spiro atoms. The number of hydrogen-bond acceptors (Lipinski definition) is 2. The quantitative estimate of drug-likeness (QED) is 0.609. The molecule has 0 aliphatic carbocycles. The van der Waals surface area contributed by atoms with Gasteiger partial charge in [-0.2, -0.15) is 9.55 Å². The Morgan fingerprint density at radius 1 is 1.12 bits per heavy atom. The minimum atomic E-state index is 0.858. The molecule has 3 aromatic rings. The van der Waals surface area contributed by atoms with Crippen LogP contribution in [-0.4, -0.2) is 19.1 Å². The monoisotopic (exact) mass is 226 g/mol. The van der Waals surface area contributed by atoms with E-state index in [2.05, 4.69) is 9.97 Å². The van der Waals surface area contributed by atoms with Crippen LogP contribution in [0.25, 0.3) is 11.6 Å². The summed E-state index contributed by atoms with van der Waals surface area (Å²) >= 11 is 0. The van der Waals surface area contributed by atoms with Gasteiger partial charge in [0.25, 0.3) is 0 Å². The number of rotatable bonds is 2. The number of imidazole rings is 2. The molecule has 3 rings (SSSR count). The van der Waals surface area contributed by atoms with Crippen molar-refractivity contribution in [2.75, 3.05) is 0 Å². The third-order valence-electron chi connectivity index (χ3n) is 2.52. The number of pyridine rings is 1. The molecule has 0 aliphatic heterocycles. The molecule has 84 valence electrons. The van der Waals surface area contributed by atoms with E-state index in [0.717, 1.165) is 11.6 Å². The maximum atomic E-state index is 4.57. The summed E-state index contributed by atoms with van der Waals surface area (Å²) in [4.78, 5) is 8.59.